The molecule has 0 aliphatic rings. The van der Waals surface area contributed by atoms with E-state index in [0.29, 0.717) is 11.3 Å². The molecule has 0 bridgehead atoms. The molecule has 5 heteroatoms. The number of benzene rings is 1. The first-order valence-electron chi connectivity index (χ1n) is 5.40. The first-order valence-corrected chi connectivity index (χ1v) is 6.20. The first kappa shape index (κ1) is 14.0. The summed E-state index contributed by atoms with van der Waals surface area (Å²) in [5.74, 6) is -0.135. The second-order valence-corrected chi connectivity index (χ2v) is 5.28. The number of likely N-dealkylation sites (N-methyl/N-ethyl adjacent to an activating group) is 1. The predicted octanol–water partition coefficient (Wildman–Crippen LogP) is 1.71. The number of nitrogens with one attached hydrogen (secondary N) is 1. The van der Waals surface area contributed by atoms with Crippen LogP contribution in [-0.4, -0.2) is 37.5 Å². The van der Waals surface area contributed by atoms with E-state index >= 15 is 0 Å². The summed E-state index contributed by atoms with van der Waals surface area (Å²) in [6.45, 7) is 2.76. The smallest absolute Gasteiger partial charge is 0.253 e. The topological polar surface area (TPSA) is 58.4 Å². The summed E-state index contributed by atoms with van der Waals surface area (Å²) in [7, 11) is 3.94. The maximum absolute atomic E-state index is 11.9. The Bertz CT molecular complexity index is 407. The van der Waals surface area contributed by atoms with Crippen molar-refractivity contribution in [2.45, 2.75) is 13.0 Å². The number of carbonyl (C=O) groups is 1. The van der Waals surface area contributed by atoms with Gasteiger partial charge in [0, 0.05) is 22.7 Å². The number of halogens is 1. The lowest BCUT2D eigenvalue weighted by Crippen LogP contribution is -2.39. The van der Waals surface area contributed by atoms with Gasteiger partial charge >= 0.3 is 0 Å². The van der Waals surface area contributed by atoms with E-state index in [2.05, 4.69) is 21.2 Å². The molecule has 0 aliphatic carbocycles. The Kier molecular flexibility index (Phi) is 4.96. The van der Waals surface area contributed by atoms with Crippen LogP contribution in [0, 0.1) is 0 Å². The molecule has 0 radical (unpaired) electrons. The monoisotopic (exact) mass is 299 g/mol. The number of anilines is 1. The SMILES string of the molecule is CC(CN(C)C)NC(=O)c1ccc(Br)cc1N. The molecule has 0 saturated carbocycles. The van der Waals surface area contributed by atoms with Gasteiger partial charge in [-0.05, 0) is 39.2 Å². The van der Waals surface area contributed by atoms with Crippen LogP contribution in [0.4, 0.5) is 5.69 Å². The van der Waals surface area contributed by atoms with Gasteiger partial charge in [0.1, 0.15) is 0 Å². The highest BCUT2D eigenvalue weighted by atomic mass is 79.9. The molecular formula is C12H18BrN3O. The minimum Gasteiger partial charge on any atom is -0.398 e. The Hall–Kier alpha value is -1.07. The zero-order valence-corrected chi connectivity index (χ0v) is 11.9. The van der Waals surface area contributed by atoms with Crippen molar-refractivity contribution in [3.05, 3.63) is 28.2 Å². The van der Waals surface area contributed by atoms with Gasteiger partial charge in [-0.25, -0.2) is 0 Å². The molecule has 94 valence electrons. The predicted molar refractivity (Wildman–Crippen MR) is 74.0 cm³/mol. The molecule has 1 aromatic rings. The van der Waals surface area contributed by atoms with Crippen molar-refractivity contribution in [3.8, 4) is 0 Å². The van der Waals surface area contributed by atoms with Crippen LogP contribution >= 0.6 is 15.9 Å². The minimum absolute atomic E-state index is 0.0838. The van der Waals surface area contributed by atoms with Crippen LogP contribution in [0.25, 0.3) is 0 Å². The van der Waals surface area contributed by atoms with Crippen LogP contribution in [0.3, 0.4) is 0 Å². The van der Waals surface area contributed by atoms with Crippen LogP contribution in [0.1, 0.15) is 17.3 Å². The number of carbonyl (C=O) groups excluding carboxylic acids is 1. The van der Waals surface area contributed by atoms with E-state index in [1.54, 1.807) is 12.1 Å². The third kappa shape index (κ3) is 4.36. The van der Waals surface area contributed by atoms with Gasteiger partial charge in [-0.2, -0.15) is 0 Å². The zero-order chi connectivity index (χ0) is 13.0. The van der Waals surface area contributed by atoms with Gasteiger partial charge in [-0.1, -0.05) is 15.9 Å². The molecule has 1 atom stereocenters. The van der Waals surface area contributed by atoms with Crippen LogP contribution in [0.15, 0.2) is 22.7 Å². The fourth-order valence-electron chi connectivity index (χ4n) is 1.64. The fourth-order valence-corrected chi connectivity index (χ4v) is 2.01. The Morgan fingerprint density at radius 1 is 1.53 bits per heavy atom. The number of nitrogen functional groups attached to an aromatic ring is 1. The van der Waals surface area contributed by atoms with Crippen molar-refractivity contribution in [2.75, 3.05) is 26.4 Å². The number of rotatable bonds is 4. The largest absolute Gasteiger partial charge is 0.398 e. The van der Waals surface area contributed by atoms with E-state index in [9.17, 15) is 4.79 Å². The zero-order valence-electron chi connectivity index (χ0n) is 10.3. The van der Waals surface area contributed by atoms with Crippen molar-refractivity contribution in [1.29, 1.82) is 0 Å². The van der Waals surface area contributed by atoms with Gasteiger partial charge in [-0.3, -0.25) is 4.79 Å². The molecule has 17 heavy (non-hydrogen) atoms. The molecule has 1 unspecified atom stereocenters. The van der Waals surface area contributed by atoms with E-state index in [0.717, 1.165) is 11.0 Å². The third-order valence-corrected chi connectivity index (χ3v) is 2.77. The second kappa shape index (κ2) is 6.02. The molecule has 0 saturated heterocycles. The second-order valence-electron chi connectivity index (χ2n) is 4.37. The van der Waals surface area contributed by atoms with Gasteiger partial charge < -0.3 is 16.0 Å². The van der Waals surface area contributed by atoms with Crippen molar-refractivity contribution in [1.82, 2.24) is 10.2 Å². The average Bonchev–Trinajstić information content (AvgIpc) is 2.15. The highest BCUT2D eigenvalue weighted by Crippen LogP contribution is 2.18. The Morgan fingerprint density at radius 2 is 2.18 bits per heavy atom. The maximum atomic E-state index is 11.9. The maximum Gasteiger partial charge on any atom is 0.253 e. The summed E-state index contributed by atoms with van der Waals surface area (Å²) in [4.78, 5) is 14.0. The molecule has 0 spiro atoms. The summed E-state index contributed by atoms with van der Waals surface area (Å²) in [5.41, 5.74) is 6.79. The fraction of sp³-hybridized carbons (Fsp3) is 0.417. The van der Waals surface area contributed by atoms with E-state index in [1.165, 1.54) is 0 Å². The highest BCUT2D eigenvalue weighted by Gasteiger charge is 2.13. The molecule has 1 rings (SSSR count). The number of hydrogen-bond donors (Lipinski definition) is 2. The van der Waals surface area contributed by atoms with Crippen LogP contribution in [-0.2, 0) is 0 Å². The lowest BCUT2D eigenvalue weighted by molar-refractivity contribution is 0.0935. The van der Waals surface area contributed by atoms with Crippen molar-refractivity contribution in [3.63, 3.8) is 0 Å². The normalized spacial score (nSPS) is 12.5. The molecular weight excluding hydrogens is 282 g/mol. The van der Waals surface area contributed by atoms with Gasteiger partial charge in [0.25, 0.3) is 5.91 Å². The molecule has 1 aromatic carbocycles. The van der Waals surface area contributed by atoms with Crippen LogP contribution < -0.4 is 11.1 Å². The van der Waals surface area contributed by atoms with E-state index in [4.69, 9.17) is 5.73 Å². The third-order valence-electron chi connectivity index (χ3n) is 2.27. The summed E-state index contributed by atoms with van der Waals surface area (Å²) >= 11 is 3.31. The van der Waals surface area contributed by atoms with Crippen LogP contribution in [0.2, 0.25) is 0 Å². The lowest BCUT2D eigenvalue weighted by Gasteiger charge is -2.18. The average molecular weight is 300 g/mol. The van der Waals surface area contributed by atoms with E-state index < -0.39 is 0 Å². The van der Waals surface area contributed by atoms with Gasteiger partial charge in [0.05, 0.1) is 5.56 Å². The van der Waals surface area contributed by atoms with E-state index in [-0.39, 0.29) is 11.9 Å². The first-order chi connectivity index (χ1) is 7.90. The molecule has 0 aromatic heterocycles. The van der Waals surface area contributed by atoms with Crippen LogP contribution in [0.5, 0.6) is 0 Å². The highest BCUT2D eigenvalue weighted by molar-refractivity contribution is 9.10. The van der Waals surface area contributed by atoms with E-state index in [1.807, 2.05) is 32.0 Å². The standard InChI is InChI=1S/C12H18BrN3O/c1-8(7-16(2)3)15-12(17)10-5-4-9(13)6-11(10)14/h4-6,8H,7,14H2,1-3H3,(H,15,17). The number of nitrogens with zero attached hydrogens (tertiary/aromatic N) is 1. The molecule has 3 N–H and O–H groups in total. The summed E-state index contributed by atoms with van der Waals surface area (Å²) in [6, 6.07) is 5.34. The molecule has 0 heterocycles. The van der Waals surface area contributed by atoms with Crippen molar-refractivity contribution in [2.24, 2.45) is 0 Å². The van der Waals surface area contributed by atoms with Gasteiger partial charge in [0.2, 0.25) is 0 Å². The van der Waals surface area contributed by atoms with Crippen molar-refractivity contribution < 1.29 is 4.79 Å². The Morgan fingerprint density at radius 3 is 2.71 bits per heavy atom. The van der Waals surface area contributed by atoms with Gasteiger partial charge in [0.15, 0.2) is 0 Å². The number of amides is 1. The molecule has 1 amide bonds. The molecule has 4 nitrogen and oxygen atoms in total. The minimum atomic E-state index is -0.135. The Balaban J connectivity index is 2.70. The van der Waals surface area contributed by atoms with Gasteiger partial charge in [-0.15, -0.1) is 0 Å². The Labute approximate surface area is 110 Å². The summed E-state index contributed by atoms with van der Waals surface area (Å²) in [6.07, 6.45) is 0. The lowest BCUT2D eigenvalue weighted by atomic mass is 10.1. The van der Waals surface area contributed by atoms with Crippen molar-refractivity contribution >= 4 is 27.5 Å². The molecule has 0 aliphatic heterocycles. The summed E-state index contributed by atoms with van der Waals surface area (Å²) in [5, 5.41) is 2.91. The number of nitrogens with two attached hydrogens (primary N) is 1. The molecule has 0 fully saturated rings. The number of hydrogen-bond acceptors (Lipinski definition) is 3. The summed E-state index contributed by atoms with van der Waals surface area (Å²) < 4.78 is 0.868. The quantitative estimate of drug-likeness (QED) is 0.832.